The van der Waals surface area contributed by atoms with Gasteiger partial charge in [-0.25, -0.2) is 0 Å². The van der Waals surface area contributed by atoms with Crippen LogP contribution in [0.2, 0.25) is 10.0 Å². The summed E-state index contributed by atoms with van der Waals surface area (Å²) in [6.07, 6.45) is 1.51. The highest BCUT2D eigenvalue weighted by Crippen LogP contribution is 2.43. The summed E-state index contributed by atoms with van der Waals surface area (Å²) in [6, 6.07) is 9.19. The molecule has 0 spiro atoms. The van der Waals surface area contributed by atoms with E-state index in [1.165, 1.54) is 34.6 Å². The molecule has 1 N–H and O–H groups in total. The molecule has 0 radical (unpaired) electrons. The predicted octanol–water partition coefficient (Wildman–Crippen LogP) is 5.58. The van der Waals surface area contributed by atoms with Crippen LogP contribution in [0.5, 0.6) is 0 Å². The summed E-state index contributed by atoms with van der Waals surface area (Å²) in [5, 5.41) is 13.4. The van der Waals surface area contributed by atoms with Gasteiger partial charge in [-0.15, -0.1) is 11.3 Å². The summed E-state index contributed by atoms with van der Waals surface area (Å²) in [4.78, 5) is 28.0. The van der Waals surface area contributed by atoms with Gasteiger partial charge in [-0.1, -0.05) is 23.2 Å². The number of Topliss-reactive ketones (excluding diaryl/α,β-unsaturated/α-hetero) is 1. The zero-order valence-corrected chi connectivity index (χ0v) is 17.5. The average molecular weight is 448 g/mol. The zero-order valence-electron chi connectivity index (χ0n) is 15.2. The second kappa shape index (κ2) is 7.71. The molecule has 0 saturated carbocycles. The van der Waals surface area contributed by atoms with Gasteiger partial charge in [0.1, 0.15) is 17.6 Å². The molecule has 1 atom stereocenters. The summed E-state index contributed by atoms with van der Waals surface area (Å²) in [5.41, 5.74) is 1.26. The highest BCUT2D eigenvalue weighted by molar-refractivity contribution is 7.10. The van der Waals surface area contributed by atoms with Crippen molar-refractivity contribution in [2.75, 3.05) is 0 Å². The van der Waals surface area contributed by atoms with E-state index in [-0.39, 0.29) is 22.9 Å². The first-order valence-electron chi connectivity index (χ1n) is 8.68. The van der Waals surface area contributed by atoms with E-state index in [0.717, 1.165) is 10.4 Å². The fourth-order valence-electron chi connectivity index (χ4n) is 3.35. The molecule has 3 aromatic rings. The van der Waals surface area contributed by atoms with Gasteiger partial charge in [-0.2, -0.15) is 0 Å². The fourth-order valence-corrected chi connectivity index (χ4v) is 4.69. The first-order chi connectivity index (χ1) is 13.9. The minimum atomic E-state index is -0.752. The summed E-state index contributed by atoms with van der Waals surface area (Å²) >= 11 is 13.5. The van der Waals surface area contributed by atoms with Crippen molar-refractivity contribution in [2.24, 2.45) is 0 Å². The average Bonchev–Trinajstić information content (AvgIpc) is 3.41. The molecule has 1 saturated heterocycles. The standard InChI is InChI=1S/C21H15Cl2NO4S/c1-11-6-8-29-20(11)17-16(18(25)12-4-5-14(22)15(23)9-12)19(26)21(27)24(17)10-13-3-2-7-28-13/h2-9,17,25H,10H2,1H3/b18-16-. The van der Waals surface area contributed by atoms with Crippen LogP contribution in [0, 0.1) is 6.92 Å². The first-order valence-corrected chi connectivity index (χ1v) is 10.3. The number of aryl methyl sites for hydroxylation is 1. The van der Waals surface area contributed by atoms with Crippen molar-refractivity contribution < 1.29 is 19.1 Å². The second-order valence-electron chi connectivity index (χ2n) is 6.60. The van der Waals surface area contributed by atoms with E-state index < -0.39 is 17.7 Å². The van der Waals surface area contributed by atoms with Crippen molar-refractivity contribution in [1.82, 2.24) is 4.90 Å². The van der Waals surface area contributed by atoms with Gasteiger partial charge in [0.15, 0.2) is 0 Å². The number of rotatable bonds is 4. The summed E-state index contributed by atoms with van der Waals surface area (Å²) in [7, 11) is 0. The SMILES string of the molecule is Cc1ccsc1C1/C(=C(/O)c2ccc(Cl)c(Cl)c2)C(=O)C(=O)N1Cc1ccco1. The van der Waals surface area contributed by atoms with Gasteiger partial charge in [0.25, 0.3) is 11.7 Å². The number of hydrogen-bond donors (Lipinski definition) is 1. The molecule has 0 aliphatic carbocycles. The van der Waals surface area contributed by atoms with E-state index in [4.69, 9.17) is 27.6 Å². The Morgan fingerprint density at radius 1 is 1.21 bits per heavy atom. The Bertz CT molecular complexity index is 1130. The van der Waals surface area contributed by atoms with Crippen LogP contribution < -0.4 is 0 Å². The third kappa shape index (κ3) is 3.48. The molecular formula is C21H15Cl2NO4S. The Balaban J connectivity index is 1.88. The van der Waals surface area contributed by atoms with Crippen LogP contribution >= 0.6 is 34.5 Å². The molecular weight excluding hydrogens is 433 g/mol. The maximum absolute atomic E-state index is 12.9. The van der Waals surface area contributed by atoms with Crippen LogP contribution in [-0.2, 0) is 16.1 Å². The number of nitrogens with zero attached hydrogens (tertiary/aromatic N) is 1. The maximum atomic E-state index is 12.9. The predicted molar refractivity (Wildman–Crippen MR) is 112 cm³/mol. The van der Waals surface area contributed by atoms with Crippen molar-refractivity contribution >= 4 is 52.0 Å². The van der Waals surface area contributed by atoms with Gasteiger partial charge in [0.2, 0.25) is 0 Å². The third-order valence-corrected chi connectivity index (χ3v) is 6.60. The van der Waals surface area contributed by atoms with E-state index in [9.17, 15) is 14.7 Å². The molecule has 8 heteroatoms. The molecule has 148 valence electrons. The summed E-state index contributed by atoms with van der Waals surface area (Å²) in [5.74, 6) is -1.19. The van der Waals surface area contributed by atoms with Crippen molar-refractivity contribution in [3.05, 3.63) is 85.4 Å². The fraction of sp³-hybridized carbons (Fsp3) is 0.143. The Labute approximate surface area is 180 Å². The molecule has 1 aliphatic rings. The van der Waals surface area contributed by atoms with Crippen molar-refractivity contribution in [2.45, 2.75) is 19.5 Å². The molecule has 3 heterocycles. The highest BCUT2D eigenvalue weighted by Gasteiger charge is 2.47. The monoisotopic (exact) mass is 447 g/mol. The van der Waals surface area contributed by atoms with Crippen LogP contribution in [0.3, 0.4) is 0 Å². The number of amides is 1. The third-order valence-electron chi connectivity index (χ3n) is 4.79. The number of hydrogen-bond acceptors (Lipinski definition) is 5. The number of aliphatic hydroxyl groups excluding tert-OH is 1. The van der Waals surface area contributed by atoms with Crippen LogP contribution in [0.1, 0.15) is 27.8 Å². The number of aliphatic hydroxyl groups is 1. The number of halogens is 2. The number of ketones is 1. The van der Waals surface area contributed by atoms with Gasteiger partial charge in [-0.3, -0.25) is 9.59 Å². The molecule has 4 rings (SSSR count). The molecule has 1 unspecified atom stereocenters. The van der Waals surface area contributed by atoms with Crippen LogP contribution in [0.15, 0.2) is 58.0 Å². The molecule has 1 amide bonds. The van der Waals surface area contributed by atoms with E-state index in [0.29, 0.717) is 16.3 Å². The number of thiophene rings is 1. The van der Waals surface area contributed by atoms with Crippen molar-refractivity contribution in [1.29, 1.82) is 0 Å². The second-order valence-corrected chi connectivity index (χ2v) is 8.37. The number of carbonyl (C=O) groups is 2. The smallest absolute Gasteiger partial charge is 0.296 e. The Kier molecular flexibility index (Phi) is 5.25. The quantitative estimate of drug-likeness (QED) is 0.322. The first kappa shape index (κ1) is 19.8. The molecule has 2 aromatic heterocycles. The topological polar surface area (TPSA) is 70.8 Å². The number of furan rings is 1. The number of carbonyl (C=O) groups excluding carboxylic acids is 2. The van der Waals surface area contributed by atoms with Crippen LogP contribution in [0.4, 0.5) is 0 Å². The lowest BCUT2D eigenvalue weighted by atomic mass is 9.98. The molecule has 1 fully saturated rings. The Morgan fingerprint density at radius 2 is 2.00 bits per heavy atom. The van der Waals surface area contributed by atoms with Crippen molar-refractivity contribution in [3.8, 4) is 0 Å². The van der Waals surface area contributed by atoms with Crippen molar-refractivity contribution in [3.63, 3.8) is 0 Å². The maximum Gasteiger partial charge on any atom is 0.296 e. The lowest BCUT2D eigenvalue weighted by Crippen LogP contribution is -2.28. The van der Waals surface area contributed by atoms with Crippen LogP contribution in [-0.4, -0.2) is 21.7 Å². The highest BCUT2D eigenvalue weighted by atomic mass is 35.5. The number of benzene rings is 1. The van der Waals surface area contributed by atoms with E-state index in [2.05, 4.69) is 0 Å². The molecule has 0 bridgehead atoms. The minimum Gasteiger partial charge on any atom is -0.507 e. The Hall–Kier alpha value is -2.54. The lowest BCUT2D eigenvalue weighted by Gasteiger charge is -2.24. The van der Waals surface area contributed by atoms with Crippen LogP contribution in [0.25, 0.3) is 5.76 Å². The molecule has 29 heavy (non-hydrogen) atoms. The zero-order chi connectivity index (χ0) is 20.7. The van der Waals surface area contributed by atoms with Gasteiger partial charge in [0.05, 0.1) is 28.4 Å². The summed E-state index contributed by atoms with van der Waals surface area (Å²) < 4.78 is 5.37. The van der Waals surface area contributed by atoms with E-state index in [1.807, 2.05) is 18.4 Å². The van der Waals surface area contributed by atoms with E-state index in [1.54, 1.807) is 18.2 Å². The molecule has 1 aliphatic heterocycles. The largest absolute Gasteiger partial charge is 0.507 e. The van der Waals surface area contributed by atoms with Gasteiger partial charge >= 0.3 is 0 Å². The van der Waals surface area contributed by atoms with Gasteiger partial charge in [-0.05, 0) is 54.3 Å². The lowest BCUT2D eigenvalue weighted by molar-refractivity contribution is -0.140. The van der Waals surface area contributed by atoms with Gasteiger partial charge < -0.3 is 14.4 Å². The Morgan fingerprint density at radius 3 is 2.62 bits per heavy atom. The minimum absolute atomic E-state index is 0.0190. The van der Waals surface area contributed by atoms with E-state index >= 15 is 0 Å². The summed E-state index contributed by atoms with van der Waals surface area (Å²) in [6.45, 7) is 2.01. The molecule has 5 nitrogen and oxygen atoms in total. The normalized spacial score (nSPS) is 18.6. The van der Waals surface area contributed by atoms with Gasteiger partial charge in [0, 0.05) is 10.4 Å². The molecule has 1 aromatic carbocycles. The number of likely N-dealkylation sites (tertiary alicyclic amines) is 1.